The first-order valence-electron chi connectivity index (χ1n) is 12.6. The first-order chi connectivity index (χ1) is 16.4. The minimum atomic E-state index is -1.39. The fourth-order valence-corrected chi connectivity index (χ4v) is 8.79. The van der Waals surface area contributed by atoms with E-state index in [0.717, 1.165) is 6.42 Å². The third-order valence-electron chi connectivity index (χ3n) is 9.00. The second-order valence-electron chi connectivity index (χ2n) is 12.8. The molecule has 0 aromatic rings. The topological polar surface area (TPSA) is 127 Å². The summed E-state index contributed by atoms with van der Waals surface area (Å²) in [6.07, 6.45) is 0.542. The Labute approximate surface area is 213 Å². The van der Waals surface area contributed by atoms with Crippen LogP contribution in [0, 0.1) is 27.1 Å². The van der Waals surface area contributed by atoms with E-state index in [0.29, 0.717) is 25.7 Å². The standard InChI is InChI=1S/C28H40O8/c1-16(2)20(29)35-18(5)9-28(10-19(6)36-21(30)17(3)4)26(22(31)32)12-24(7)11-25(8,14-26)15-27(28,13-24)23(33)34/h18-19H,1,3,9-15H2,2,4-8H3,(H,31,32)(H,33,34). The highest BCUT2D eigenvalue weighted by Gasteiger charge is 2.81. The Hall–Kier alpha value is -2.64. The molecule has 36 heavy (non-hydrogen) atoms. The van der Waals surface area contributed by atoms with E-state index in [1.165, 1.54) is 13.8 Å². The molecule has 0 heterocycles. The van der Waals surface area contributed by atoms with Crippen molar-refractivity contribution in [2.75, 3.05) is 0 Å². The summed E-state index contributed by atoms with van der Waals surface area (Å²) >= 11 is 0. The molecule has 4 aliphatic rings. The zero-order valence-corrected chi connectivity index (χ0v) is 22.4. The molecular formula is C28H40O8. The predicted octanol–water partition coefficient (Wildman–Crippen LogP) is 4.91. The molecule has 2 atom stereocenters. The highest BCUT2D eigenvalue weighted by molar-refractivity contribution is 5.88. The normalized spacial score (nSPS) is 38.1. The van der Waals surface area contributed by atoms with Gasteiger partial charge in [-0.25, -0.2) is 9.59 Å². The van der Waals surface area contributed by atoms with Crippen LogP contribution < -0.4 is 0 Å². The summed E-state index contributed by atoms with van der Waals surface area (Å²) in [6, 6.07) is 0. The van der Waals surface area contributed by atoms with Crippen molar-refractivity contribution < 1.29 is 38.9 Å². The van der Waals surface area contributed by atoms with Gasteiger partial charge >= 0.3 is 23.9 Å². The van der Waals surface area contributed by atoms with E-state index in [1.807, 2.05) is 13.8 Å². The monoisotopic (exact) mass is 504 g/mol. The Kier molecular flexibility index (Phi) is 6.78. The van der Waals surface area contributed by atoms with Crippen molar-refractivity contribution in [3.63, 3.8) is 0 Å². The van der Waals surface area contributed by atoms with Gasteiger partial charge in [0.2, 0.25) is 0 Å². The Morgan fingerprint density at radius 2 is 1.03 bits per heavy atom. The van der Waals surface area contributed by atoms with Crippen molar-refractivity contribution in [2.24, 2.45) is 27.1 Å². The van der Waals surface area contributed by atoms with Crippen LogP contribution in [-0.2, 0) is 28.7 Å². The maximum absolute atomic E-state index is 13.3. The molecule has 0 spiro atoms. The van der Waals surface area contributed by atoms with Crippen LogP contribution in [0.15, 0.2) is 24.3 Å². The molecule has 0 aromatic carbocycles. The van der Waals surface area contributed by atoms with Crippen molar-refractivity contribution in [1.29, 1.82) is 0 Å². The van der Waals surface area contributed by atoms with Gasteiger partial charge in [0, 0.05) is 16.6 Å². The largest absolute Gasteiger partial charge is 0.481 e. The lowest BCUT2D eigenvalue weighted by Crippen LogP contribution is -2.75. The Bertz CT molecular complexity index is 929. The molecule has 4 fully saturated rings. The van der Waals surface area contributed by atoms with Gasteiger partial charge in [-0.2, -0.15) is 0 Å². The lowest BCUT2D eigenvalue weighted by atomic mass is 9.26. The van der Waals surface area contributed by atoms with E-state index in [9.17, 15) is 29.4 Å². The second-order valence-corrected chi connectivity index (χ2v) is 12.8. The molecule has 0 radical (unpaired) electrons. The van der Waals surface area contributed by atoms with Gasteiger partial charge in [0.15, 0.2) is 0 Å². The predicted molar refractivity (Wildman–Crippen MR) is 132 cm³/mol. The van der Waals surface area contributed by atoms with Crippen LogP contribution in [0.25, 0.3) is 0 Å². The zero-order valence-electron chi connectivity index (χ0n) is 22.4. The van der Waals surface area contributed by atoms with E-state index < -0.39 is 63.2 Å². The molecule has 8 heteroatoms. The molecular weight excluding hydrogens is 464 g/mol. The van der Waals surface area contributed by atoms with Gasteiger partial charge < -0.3 is 19.7 Å². The summed E-state index contributed by atoms with van der Waals surface area (Å²) in [5.41, 5.74) is -4.63. The molecule has 4 saturated carbocycles. The van der Waals surface area contributed by atoms with Crippen molar-refractivity contribution in [3.05, 3.63) is 24.3 Å². The first-order valence-corrected chi connectivity index (χ1v) is 12.6. The van der Waals surface area contributed by atoms with Gasteiger partial charge in [-0.1, -0.05) is 27.0 Å². The lowest BCUT2D eigenvalue weighted by Gasteiger charge is -2.75. The van der Waals surface area contributed by atoms with E-state index in [4.69, 9.17) is 9.47 Å². The maximum atomic E-state index is 13.3. The third-order valence-corrected chi connectivity index (χ3v) is 9.00. The van der Waals surface area contributed by atoms with Crippen LogP contribution in [0.2, 0.25) is 0 Å². The number of carboxylic acid groups (broad SMARTS) is 2. The molecule has 0 aliphatic heterocycles. The van der Waals surface area contributed by atoms with Crippen LogP contribution in [0.4, 0.5) is 0 Å². The number of hydrogen-bond acceptors (Lipinski definition) is 6. The summed E-state index contributed by atoms with van der Waals surface area (Å²) in [4.78, 5) is 51.3. The van der Waals surface area contributed by atoms with Crippen LogP contribution in [0.5, 0.6) is 0 Å². The van der Waals surface area contributed by atoms with E-state index in [1.54, 1.807) is 13.8 Å². The van der Waals surface area contributed by atoms with Crippen LogP contribution >= 0.6 is 0 Å². The smallest absolute Gasteiger partial charge is 0.333 e. The maximum Gasteiger partial charge on any atom is 0.333 e. The highest BCUT2D eigenvalue weighted by atomic mass is 16.5. The number of rotatable bonds is 10. The Morgan fingerprint density at radius 1 is 0.722 bits per heavy atom. The highest BCUT2D eigenvalue weighted by Crippen LogP contribution is 2.82. The SMILES string of the molecule is C=C(C)C(=O)OC(C)CC1(CC(C)OC(=O)C(=C)C)C2(C(=O)O)CC3(C)CC(C)(C2)CC1(C(=O)O)C3. The number of hydrogen-bond donors (Lipinski definition) is 2. The van der Waals surface area contributed by atoms with Crippen molar-refractivity contribution in [1.82, 2.24) is 0 Å². The minimum Gasteiger partial charge on any atom is -0.481 e. The molecule has 4 rings (SSSR count). The van der Waals surface area contributed by atoms with Crippen LogP contribution in [-0.4, -0.2) is 46.3 Å². The van der Waals surface area contributed by atoms with Crippen molar-refractivity contribution in [3.8, 4) is 0 Å². The number of ether oxygens (including phenoxy) is 2. The minimum absolute atomic E-state index is 0.0196. The van der Waals surface area contributed by atoms with Gasteiger partial charge in [0.05, 0.1) is 23.0 Å². The summed E-state index contributed by atoms with van der Waals surface area (Å²) < 4.78 is 11.2. The molecule has 2 unspecified atom stereocenters. The average Bonchev–Trinajstić information content (AvgIpc) is 2.69. The fraction of sp³-hybridized carbons (Fsp3) is 0.714. The lowest BCUT2D eigenvalue weighted by molar-refractivity contribution is -0.292. The van der Waals surface area contributed by atoms with Gasteiger partial charge in [0.25, 0.3) is 0 Å². The Morgan fingerprint density at radius 3 is 1.28 bits per heavy atom. The van der Waals surface area contributed by atoms with Crippen molar-refractivity contribution >= 4 is 23.9 Å². The molecule has 4 aliphatic carbocycles. The van der Waals surface area contributed by atoms with E-state index in [-0.39, 0.29) is 24.0 Å². The number of esters is 2. The summed E-state index contributed by atoms with van der Waals surface area (Å²) in [5, 5.41) is 21.7. The molecule has 4 bridgehead atoms. The molecule has 0 saturated heterocycles. The number of carbonyl (C=O) groups excluding carboxylic acids is 2. The second kappa shape index (κ2) is 8.73. The average molecular weight is 505 g/mol. The van der Waals surface area contributed by atoms with Crippen molar-refractivity contribution in [2.45, 2.75) is 98.7 Å². The number of aliphatic carboxylic acids is 2. The quantitative estimate of drug-likeness (QED) is 0.317. The van der Waals surface area contributed by atoms with Gasteiger partial charge in [0.1, 0.15) is 0 Å². The Balaban J connectivity index is 2.22. The summed E-state index contributed by atoms with van der Waals surface area (Å²) in [5.74, 6) is -3.31. The zero-order chi connectivity index (χ0) is 27.5. The third kappa shape index (κ3) is 4.16. The summed E-state index contributed by atoms with van der Waals surface area (Å²) in [6.45, 7) is 17.6. The van der Waals surface area contributed by atoms with Crippen LogP contribution in [0.3, 0.4) is 0 Å². The fourth-order valence-electron chi connectivity index (χ4n) is 8.79. The number of carbonyl (C=O) groups is 4. The molecule has 0 aromatic heterocycles. The number of carboxylic acids is 2. The van der Waals surface area contributed by atoms with Crippen LogP contribution in [0.1, 0.15) is 86.5 Å². The van der Waals surface area contributed by atoms with Gasteiger partial charge in [-0.05, 0) is 83.5 Å². The summed E-state index contributed by atoms with van der Waals surface area (Å²) in [7, 11) is 0. The van der Waals surface area contributed by atoms with Gasteiger partial charge in [-0.15, -0.1) is 0 Å². The van der Waals surface area contributed by atoms with E-state index in [2.05, 4.69) is 13.2 Å². The molecule has 2 N–H and O–H groups in total. The molecule has 8 nitrogen and oxygen atoms in total. The first kappa shape index (κ1) is 27.9. The van der Waals surface area contributed by atoms with Gasteiger partial charge in [-0.3, -0.25) is 9.59 Å². The molecule has 0 amide bonds. The van der Waals surface area contributed by atoms with E-state index >= 15 is 0 Å². The molecule has 200 valence electrons.